The number of carbonyl (C=O) groups is 2. The monoisotopic (exact) mass is 353 g/mol. The van der Waals surface area contributed by atoms with Crippen molar-refractivity contribution in [2.24, 2.45) is 5.92 Å². The number of ether oxygens (including phenoxy) is 1. The van der Waals surface area contributed by atoms with E-state index in [1.54, 1.807) is 17.0 Å². The van der Waals surface area contributed by atoms with Crippen LogP contribution in [0.4, 0.5) is 0 Å². The lowest BCUT2D eigenvalue weighted by molar-refractivity contribution is -0.124. The molecule has 1 saturated heterocycles. The Morgan fingerprint density at radius 2 is 2.04 bits per heavy atom. The minimum atomic E-state index is -0.152. The van der Waals surface area contributed by atoms with E-state index >= 15 is 0 Å². The first-order valence-corrected chi connectivity index (χ1v) is 8.78. The van der Waals surface area contributed by atoms with Crippen molar-refractivity contribution in [2.45, 2.75) is 12.8 Å². The minimum Gasteiger partial charge on any atom is -0.481 e. The predicted molar refractivity (Wildman–Crippen MR) is 98.0 cm³/mol. The zero-order valence-electron chi connectivity index (χ0n) is 14.9. The largest absolute Gasteiger partial charge is 0.481 e. The molecule has 0 bridgehead atoms. The molecule has 6 nitrogen and oxygen atoms in total. The van der Waals surface area contributed by atoms with E-state index in [0.29, 0.717) is 37.5 Å². The highest BCUT2D eigenvalue weighted by Crippen LogP contribution is 2.19. The Balaban J connectivity index is 1.47. The number of nitrogens with one attached hydrogen (secondary N) is 1. The van der Waals surface area contributed by atoms with Crippen LogP contribution in [0.25, 0.3) is 0 Å². The average molecular weight is 353 g/mol. The van der Waals surface area contributed by atoms with Gasteiger partial charge in [-0.3, -0.25) is 9.59 Å². The molecule has 2 aromatic rings. The third-order valence-electron chi connectivity index (χ3n) is 4.59. The lowest BCUT2D eigenvalue weighted by Crippen LogP contribution is -2.35. The molecule has 1 aliphatic rings. The normalized spacial score (nSPS) is 16.3. The molecule has 2 heterocycles. The number of methoxy groups -OCH3 is 1. The van der Waals surface area contributed by atoms with Crippen LogP contribution in [0, 0.1) is 5.92 Å². The van der Waals surface area contributed by atoms with Crippen molar-refractivity contribution < 1.29 is 14.3 Å². The van der Waals surface area contributed by atoms with Gasteiger partial charge in [0.15, 0.2) is 0 Å². The molecule has 0 unspecified atom stereocenters. The van der Waals surface area contributed by atoms with E-state index in [1.807, 2.05) is 30.3 Å². The summed E-state index contributed by atoms with van der Waals surface area (Å²) in [6.45, 7) is 1.64. The van der Waals surface area contributed by atoms with Crippen molar-refractivity contribution in [1.29, 1.82) is 0 Å². The van der Waals surface area contributed by atoms with E-state index in [-0.39, 0.29) is 17.7 Å². The van der Waals surface area contributed by atoms with E-state index in [0.717, 1.165) is 6.42 Å². The first-order chi connectivity index (χ1) is 12.7. The van der Waals surface area contributed by atoms with Gasteiger partial charge in [-0.1, -0.05) is 30.3 Å². The molecule has 26 heavy (non-hydrogen) atoms. The topological polar surface area (TPSA) is 71.5 Å². The maximum Gasteiger partial charge on any atom is 0.255 e. The Labute approximate surface area is 153 Å². The highest BCUT2D eigenvalue weighted by atomic mass is 16.5. The van der Waals surface area contributed by atoms with Crippen LogP contribution in [0.15, 0.2) is 48.7 Å². The lowest BCUT2D eigenvalue weighted by Gasteiger charge is -2.16. The van der Waals surface area contributed by atoms with Gasteiger partial charge >= 0.3 is 0 Å². The quantitative estimate of drug-likeness (QED) is 0.861. The van der Waals surface area contributed by atoms with Gasteiger partial charge in [-0.15, -0.1) is 0 Å². The van der Waals surface area contributed by atoms with Crippen molar-refractivity contribution in [2.75, 3.05) is 26.7 Å². The second-order valence-corrected chi connectivity index (χ2v) is 6.35. The number of likely N-dealkylation sites (tertiary alicyclic amines) is 1. The zero-order chi connectivity index (χ0) is 18.4. The van der Waals surface area contributed by atoms with Gasteiger partial charge in [-0.05, 0) is 24.5 Å². The van der Waals surface area contributed by atoms with Crippen LogP contribution in [0.5, 0.6) is 5.88 Å². The van der Waals surface area contributed by atoms with Gasteiger partial charge in [-0.25, -0.2) is 4.98 Å². The number of rotatable bonds is 6. The fourth-order valence-corrected chi connectivity index (χ4v) is 3.09. The summed E-state index contributed by atoms with van der Waals surface area (Å²) in [6.07, 6.45) is 3.00. The van der Waals surface area contributed by atoms with Crippen molar-refractivity contribution >= 4 is 11.8 Å². The maximum atomic E-state index is 12.5. The number of benzene rings is 1. The number of pyridine rings is 1. The molecule has 1 aromatic carbocycles. The Hall–Kier alpha value is -2.89. The molecule has 0 aliphatic carbocycles. The summed E-state index contributed by atoms with van der Waals surface area (Å²) in [4.78, 5) is 30.7. The molecule has 1 fully saturated rings. The second-order valence-electron chi connectivity index (χ2n) is 6.35. The van der Waals surface area contributed by atoms with Gasteiger partial charge in [0.25, 0.3) is 5.91 Å². The number of carbonyl (C=O) groups excluding carboxylic acids is 2. The van der Waals surface area contributed by atoms with Gasteiger partial charge in [0.2, 0.25) is 11.8 Å². The first-order valence-electron chi connectivity index (χ1n) is 8.78. The summed E-state index contributed by atoms with van der Waals surface area (Å²) in [5.41, 5.74) is 1.71. The van der Waals surface area contributed by atoms with Gasteiger partial charge in [0.05, 0.1) is 18.6 Å². The molecule has 0 spiro atoms. The lowest BCUT2D eigenvalue weighted by atomic mass is 10.1. The van der Waals surface area contributed by atoms with E-state index in [2.05, 4.69) is 10.3 Å². The van der Waals surface area contributed by atoms with Gasteiger partial charge in [0, 0.05) is 31.9 Å². The van der Waals surface area contributed by atoms with Gasteiger partial charge in [0.1, 0.15) is 0 Å². The van der Waals surface area contributed by atoms with Gasteiger partial charge in [-0.2, -0.15) is 0 Å². The average Bonchev–Trinajstić information content (AvgIpc) is 3.18. The molecule has 1 atom stereocenters. The number of amides is 2. The van der Waals surface area contributed by atoms with E-state index in [9.17, 15) is 9.59 Å². The summed E-state index contributed by atoms with van der Waals surface area (Å²) >= 11 is 0. The van der Waals surface area contributed by atoms with Crippen molar-refractivity contribution in [1.82, 2.24) is 15.2 Å². The Morgan fingerprint density at radius 1 is 1.23 bits per heavy atom. The van der Waals surface area contributed by atoms with Crippen LogP contribution in [0.3, 0.4) is 0 Å². The Morgan fingerprint density at radius 3 is 2.73 bits per heavy atom. The SMILES string of the molecule is COc1ccc(C(=O)N2CC[C@@H](C(=O)NCCc3ccccc3)C2)cn1. The Kier molecular flexibility index (Phi) is 5.84. The molecule has 3 rings (SSSR count). The molecule has 0 radical (unpaired) electrons. The fourth-order valence-electron chi connectivity index (χ4n) is 3.09. The summed E-state index contributed by atoms with van der Waals surface area (Å²) < 4.78 is 5.00. The van der Waals surface area contributed by atoms with Crippen LogP contribution in [-0.2, 0) is 11.2 Å². The molecular formula is C20H23N3O3. The standard InChI is InChI=1S/C20H23N3O3/c1-26-18-8-7-16(13-22-18)20(25)23-12-10-17(14-23)19(24)21-11-9-15-5-3-2-4-6-15/h2-8,13,17H,9-12,14H2,1H3,(H,21,24)/t17-/m1/s1. The number of aromatic nitrogens is 1. The van der Waals surface area contributed by atoms with Crippen LogP contribution >= 0.6 is 0 Å². The molecule has 6 heteroatoms. The van der Waals surface area contributed by atoms with E-state index in [4.69, 9.17) is 4.74 Å². The molecule has 1 N–H and O–H groups in total. The van der Waals surface area contributed by atoms with Crippen LogP contribution < -0.4 is 10.1 Å². The highest BCUT2D eigenvalue weighted by Gasteiger charge is 2.31. The summed E-state index contributed by atoms with van der Waals surface area (Å²) in [6, 6.07) is 13.4. The molecule has 1 aromatic heterocycles. The third-order valence-corrected chi connectivity index (χ3v) is 4.59. The number of nitrogens with zero attached hydrogens (tertiary/aromatic N) is 2. The first kappa shape index (κ1) is 17.9. The predicted octanol–water partition coefficient (Wildman–Crippen LogP) is 1.91. The fraction of sp³-hybridized carbons (Fsp3) is 0.350. The smallest absolute Gasteiger partial charge is 0.255 e. The van der Waals surface area contributed by atoms with E-state index < -0.39 is 0 Å². The molecule has 136 valence electrons. The second kappa shape index (κ2) is 8.47. The van der Waals surface area contributed by atoms with Crippen LogP contribution in [0.1, 0.15) is 22.3 Å². The molecule has 0 saturated carbocycles. The Bertz CT molecular complexity index is 747. The van der Waals surface area contributed by atoms with Crippen molar-refractivity contribution in [3.63, 3.8) is 0 Å². The van der Waals surface area contributed by atoms with Crippen LogP contribution in [0.2, 0.25) is 0 Å². The third kappa shape index (κ3) is 4.39. The minimum absolute atomic E-state index is 0.0177. The maximum absolute atomic E-state index is 12.5. The highest BCUT2D eigenvalue weighted by molar-refractivity contribution is 5.94. The van der Waals surface area contributed by atoms with Crippen LogP contribution in [-0.4, -0.2) is 48.4 Å². The van der Waals surface area contributed by atoms with Gasteiger partial charge < -0.3 is 15.0 Å². The van der Waals surface area contributed by atoms with Crippen molar-refractivity contribution in [3.05, 3.63) is 59.8 Å². The zero-order valence-corrected chi connectivity index (χ0v) is 14.9. The van der Waals surface area contributed by atoms with E-state index in [1.165, 1.54) is 18.9 Å². The molecular weight excluding hydrogens is 330 g/mol. The summed E-state index contributed by atoms with van der Waals surface area (Å²) in [5, 5.41) is 2.98. The number of hydrogen-bond acceptors (Lipinski definition) is 4. The van der Waals surface area contributed by atoms with Crippen molar-refractivity contribution in [3.8, 4) is 5.88 Å². The number of hydrogen-bond donors (Lipinski definition) is 1. The summed E-state index contributed by atoms with van der Waals surface area (Å²) in [7, 11) is 1.53. The molecule has 2 amide bonds. The summed E-state index contributed by atoms with van der Waals surface area (Å²) in [5.74, 6) is 0.239. The molecule has 1 aliphatic heterocycles.